The first-order valence-electron chi connectivity index (χ1n) is 3.16. The van der Waals surface area contributed by atoms with E-state index >= 15 is 0 Å². The van der Waals surface area contributed by atoms with Crippen LogP contribution in [-0.4, -0.2) is 6.26 Å². The molecule has 0 unspecified atom stereocenters. The van der Waals surface area contributed by atoms with Crippen LogP contribution < -0.4 is 0 Å². The third kappa shape index (κ3) is 2.49. The van der Waals surface area contributed by atoms with E-state index in [9.17, 15) is 0 Å². The molecular formula is C8H8Br2S. The van der Waals surface area contributed by atoms with E-state index in [2.05, 4.69) is 56.3 Å². The van der Waals surface area contributed by atoms with E-state index in [0.29, 0.717) is 0 Å². The molecule has 0 aliphatic heterocycles. The van der Waals surface area contributed by atoms with Gasteiger partial charge in [-0.25, -0.2) is 0 Å². The molecule has 1 rings (SSSR count). The number of alkyl halides is 1. The maximum absolute atomic E-state index is 3.48. The molecular weight excluding hydrogens is 288 g/mol. The lowest BCUT2D eigenvalue weighted by atomic mass is 10.2. The van der Waals surface area contributed by atoms with Gasteiger partial charge in [-0.1, -0.05) is 31.9 Å². The maximum Gasteiger partial charge on any atom is 0.0294 e. The molecule has 1 aromatic carbocycles. The van der Waals surface area contributed by atoms with Crippen molar-refractivity contribution in [2.75, 3.05) is 6.26 Å². The fraction of sp³-hybridized carbons (Fsp3) is 0.250. The van der Waals surface area contributed by atoms with Crippen molar-refractivity contribution >= 4 is 43.6 Å². The molecule has 0 heterocycles. The van der Waals surface area contributed by atoms with Crippen LogP contribution in [0.4, 0.5) is 0 Å². The first-order valence-corrected chi connectivity index (χ1v) is 6.30. The van der Waals surface area contributed by atoms with E-state index in [-0.39, 0.29) is 0 Å². The van der Waals surface area contributed by atoms with Crippen molar-refractivity contribution in [3.8, 4) is 0 Å². The number of benzene rings is 1. The van der Waals surface area contributed by atoms with E-state index in [1.807, 2.05) is 0 Å². The Labute approximate surface area is 88.0 Å². The summed E-state index contributed by atoms with van der Waals surface area (Å²) < 4.78 is 1.17. The van der Waals surface area contributed by atoms with Crippen LogP contribution in [0.1, 0.15) is 5.56 Å². The zero-order valence-corrected chi connectivity index (χ0v) is 10.1. The van der Waals surface area contributed by atoms with Crippen molar-refractivity contribution in [1.82, 2.24) is 0 Å². The summed E-state index contributed by atoms with van der Waals surface area (Å²) in [6, 6.07) is 6.38. The summed E-state index contributed by atoms with van der Waals surface area (Å²) in [5, 5.41) is 0.905. The van der Waals surface area contributed by atoms with E-state index < -0.39 is 0 Å². The summed E-state index contributed by atoms with van der Waals surface area (Å²) in [6.07, 6.45) is 2.08. The Morgan fingerprint density at radius 2 is 2.18 bits per heavy atom. The van der Waals surface area contributed by atoms with Gasteiger partial charge in [-0.3, -0.25) is 0 Å². The van der Waals surface area contributed by atoms with Gasteiger partial charge in [-0.2, -0.15) is 0 Å². The number of rotatable bonds is 2. The second-order valence-corrected chi connectivity index (χ2v) is 4.39. The average Bonchev–Trinajstić information content (AvgIpc) is 2.05. The molecule has 0 nitrogen and oxygen atoms in total. The number of hydrogen-bond acceptors (Lipinski definition) is 1. The molecule has 3 heteroatoms. The third-order valence-corrected chi connectivity index (χ3v) is 3.50. The van der Waals surface area contributed by atoms with Gasteiger partial charge in [0.05, 0.1) is 0 Å². The zero-order valence-electron chi connectivity index (χ0n) is 6.10. The molecule has 0 saturated heterocycles. The van der Waals surface area contributed by atoms with Crippen molar-refractivity contribution < 1.29 is 0 Å². The molecule has 0 fully saturated rings. The van der Waals surface area contributed by atoms with E-state index in [1.165, 1.54) is 14.9 Å². The van der Waals surface area contributed by atoms with Gasteiger partial charge < -0.3 is 0 Å². The minimum Gasteiger partial charge on any atom is -0.130 e. The molecule has 0 aromatic heterocycles. The maximum atomic E-state index is 3.48. The van der Waals surface area contributed by atoms with E-state index in [4.69, 9.17) is 0 Å². The largest absolute Gasteiger partial charge is 0.130 e. The van der Waals surface area contributed by atoms with Crippen LogP contribution in [0.5, 0.6) is 0 Å². The normalized spacial score (nSPS) is 10.1. The standard InChI is InChI=1S/C8H8Br2S/c1-11-7-2-3-8(10)6(4-7)5-9/h2-4H,5H2,1H3. The highest BCUT2D eigenvalue weighted by Crippen LogP contribution is 2.24. The topological polar surface area (TPSA) is 0 Å². The van der Waals surface area contributed by atoms with Crippen molar-refractivity contribution in [2.24, 2.45) is 0 Å². The minimum absolute atomic E-state index is 0.905. The van der Waals surface area contributed by atoms with E-state index in [0.717, 1.165) is 5.33 Å². The zero-order chi connectivity index (χ0) is 8.27. The highest BCUT2D eigenvalue weighted by atomic mass is 79.9. The van der Waals surface area contributed by atoms with Crippen LogP contribution in [-0.2, 0) is 5.33 Å². The van der Waals surface area contributed by atoms with Crippen LogP contribution >= 0.6 is 43.6 Å². The molecule has 0 aliphatic carbocycles. The highest BCUT2D eigenvalue weighted by molar-refractivity contribution is 9.10. The first kappa shape index (κ1) is 9.62. The van der Waals surface area contributed by atoms with Gasteiger partial charge in [0, 0.05) is 14.7 Å². The lowest BCUT2D eigenvalue weighted by Gasteiger charge is -2.01. The quantitative estimate of drug-likeness (QED) is 0.585. The molecule has 0 bridgehead atoms. The predicted molar refractivity (Wildman–Crippen MR) is 58.6 cm³/mol. The van der Waals surface area contributed by atoms with Gasteiger partial charge in [-0.05, 0) is 30.0 Å². The number of halogens is 2. The smallest absolute Gasteiger partial charge is 0.0294 e. The van der Waals surface area contributed by atoms with Gasteiger partial charge in [0.15, 0.2) is 0 Å². The molecule has 0 spiro atoms. The Morgan fingerprint density at radius 3 is 2.73 bits per heavy atom. The Balaban J connectivity index is 3.02. The molecule has 0 N–H and O–H groups in total. The molecule has 0 aliphatic rings. The van der Waals surface area contributed by atoms with Crippen LogP contribution in [0.15, 0.2) is 27.6 Å². The van der Waals surface area contributed by atoms with E-state index in [1.54, 1.807) is 11.8 Å². The number of thioether (sulfide) groups is 1. The highest BCUT2D eigenvalue weighted by Gasteiger charge is 1.98. The Kier molecular flexibility index (Phi) is 3.96. The second-order valence-electron chi connectivity index (χ2n) is 2.09. The molecule has 60 valence electrons. The monoisotopic (exact) mass is 294 g/mol. The lowest BCUT2D eigenvalue weighted by Crippen LogP contribution is -1.80. The fourth-order valence-corrected chi connectivity index (χ4v) is 2.47. The predicted octanol–water partition coefficient (Wildman–Crippen LogP) is 4.07. The summed E-state index contributed by atoms with van der Waals surface area (Å²) in [5.41, 5.74) is 1.30. The van der Waals surface area contributed by atoms with Gasteiger partial charge in [0.1, 0.15) is 0 Å². The van der Waals surface area contributed by atoms with Gasteiger partial charge >= 0.3 is 0 Å². The van der Waals surface area contributed by atoms with Crippen LogP contribution in [0.25, 0.3) is 0 Å². The lowest BCUT2D eigenvalue weighted by molar-refractivity contribution is 1.32. The number of hydrogen-bond donors (Lipinski definition) is 0. The van der Waals surface area contributed by atoms with Crippen molar-refractivity contribution in [3.63, 3.8) is 0 Å². The van der Waals surface area contributed by atoms with Gasteiger partial charge in [0.25, 0.3) is 0 Å². The van der Waals surface area contributed by atoms with Gasteiger partial charge in [-0.15, -0.1) is 11.8 Å². The Morgan fingerprint density at radius 1 is 1.45 bits per heavy atom. The average molecular weight is 296 g/mol. The van der Waals surface area contributed by atoms with Crippen LogP contribution in [0, 0.1) is 0 Å². The van der Waals surface area contributed by atoms with Gasteiger partial charge in [0.2, 0.25) is 0 Å². The molecule has 0 atom stereocenters. The minimum atomic E-state index is 0.905. The first-order chi connectivity index (χ1) is 5.27. The van der Waals surface area contributed by atoms with Crippen molar-refractivity contribution in [1.29, 1.82) is 0 Å². The van der Waals surface area contributed by atoms with Crippen LogP contribution in [0.2, 0.25) is 0 Å². The summed E-state index contributed by atoms with van der Waals surface area (Å²) in [7, 11) is 0. The SMILES string of the molecule is CSc1ccc(Br)c(CBr)c1. The summed E-state index contributed by atoms with van der Waals surface area (Å²) >= 11 is 8.68. The van der Waals surface area contributed by atoms with Crippen molar-refractivity contribution in [2.45, 2.75) is 10.2 Å². The Hall–Kier alpha value is 0.530. The van der Waals surface area contributed by atoms with Crippen LogP contribution in [0.3, 0.4) is 0 Å². The summed E-state index contributed by atoms with van der Waals surface area (Å²) in [4.78, 5) is 1.31. The summed E-state index contributed by atoms with van der Waals surface area (Å²) in [5.74, 6) is 0. The fourth-order valence-electron chi connectivity index (χ4n) is 0.780. The molecule has 0 radical (unpaired) electrons. The Bertz CT molecular complexity index is 248. The molecule has 0 saturated carbocycles. The van der Waals surface area contributed by atoms with Crippen molar-refractivity contribution in [3.05, 3.63) is 28.2 Å². The second kappa shape index (κ2) is 4.53. The summed E-state index contributed by atoms with van der Waals surface area (Å²) in [6.45, 7) is 0. The molecule has 11 heavy (non-hydrogen) atoms. The molecule has 0 amide bonds. The third-order valence-electron chi connectivity index (χ3n) is 1.40. The molecule has 1 aromatic rings.